The van der Waals surface area contributed by atoms with E-state index in [0.29, 0.717) is 33.1 Å². The van der Waals surface area contributed by atoms with E-state index in [1.165, 1.54) is 18.2 Å². The molecule has 0 bridgehead atoms. The van der Waals surface area contributed by atoms with Crippen LogP contribution in [0.25, 0.3) is 16.6 Å². The highest BCUT2D eigenvalue weighted by molar-refractivity contribution is 6.30. The maximum absolute atomic E-state index is 14.7. The molecule has 0 aliphatic heterocycles. The first-order chi connectivity index (χ1) is 16.7. The SMILES string of the molecule is Cc1nn2c(C(C)C)c(C(=O)NC3(c4ccc(Cl)cc4)CCC3)ccc2c1-c1c(F)cccc1F. The van der Waals surface area contributed by atoms with E-state index < -0.39 is 17.2 Å². The Morgan fingerprint density at radius 3 is 2.26 bits per heavy atom. The minimum atomic E-state index is -0.647. The lowest BCUT2D eigenvalue weighted by Gasteiger charge is -2.43. The molecule has 35 heavy (non-hydrogen) atoms. The molecule has 4 aromatic rings. The number of benzene rings is 2. The van der Waals surface area contributed by atoms with Gasteiger partial charge in [0.15, 0.2) is 0 Å². The summed E-state index contributed by atoms with van der Waals surface area (Å²) in [5.41, 5.74) is 3.11. The number of aromatic nitrogens is 2. The molecule has 7 heteroatoms. The summed E-state index contributed by atoms with van der Waals surface area (Å²) in [5.74, 6) is -1.56. The zero-order valence-electron chi connectivity index (χ0n) is 19.8. The topological polar surface area (TPSA) is 46.4 Å². The number of pyridine rings is 1. The van der Waals surface area contributed by atoms with E-state index >= 15 is 0 Å². The van der Waals surface area contributed by atoms with Crippen LogP contribution in [0, 0.1) is 18.6 Å². The highest BCUT2D eigenvalue weighted by Gasteiger charge is 2.40. The van der Waals surface area contributed by atoms with Gasteiger partial charge in [0.25, 0.3) is 5.91 Å². The Bertz CT molecular complexity index is 1420. The number of carbonyl (C=O) groups excluding carboxylic acids is 1. The first-order valence-electron chi connectivity index (χ1n) is 11.8. The summed E-state index contributed by atoms with van der Waals surface area (Å²) in [5, 5.41) is 8.54. The third-order valence-corrected chi connectivity index (χ3v) is 7.22. The molecule has 0 unspecified atom stereocenters. The molecule has 180 valence electrons. The van der Waals surface area contributed by atoms with Crippen LogP contribution in [-0.4, -0.2) is 15.5 Å². The lowest BCUT2D eigenvalue weighted by Crippen LogP contribution is -2.51. The van der Waals surface area contributed by atoms with E-state index in [2.05, 4.69) is 10.4 Å². The van der Waals surface area contributed by atoms with Gasteiger partial charge in [-0.25, -0.2) is 13.3 Å². The number of halogens is 3. The van der Waals surface area contributed by atoms with Crippen LogP contribution in [0.15, 0.2) is 54.6 Å². The van der Waals surface area contributed by atoms with E-state index in [-0.39, 0.29) is 17.4 Å². The van der Waals surface area contributed by atoms with E-state index in [1.807, 2.05) is 38.1 Å². The second kappa shape index (κ2) is 8.76. The highest BCUT2D eigenvalue weighted by Crippen LogP contribution is 2.42. The van der Waals surface area contributed by atoms with Crippen molar-refractivity contribution in [2.24, 2.45) is 0 Å². The Morgan fingerprint density at radius 2 is 1.69 bits per heavy atom. The van der Waals surface area contributed by atoms with Crippen molar-refractivity contribution in [1.29, 1.82) is 0 Å². The molecule has 4 nitrogen and oxygen atoms in total. The molecule has 0 radical (unpaired) electrons. The largest absolute Gasteiger partial charge is 0.342 e. The average Bonchev–Trinajstić information content (AvgIpc) is 3.11. The van der Waals surface area contributed by atoms with Crippen LogP contribution in [-0.2, 0) is 5.54 Å². The highest BCUT2D eigenvalue weighted by atomic mass is 35.5. The van der Waals surface area contributed by atoms with Crippen LogP contribution < -0.4 is 5.32 Å². The number of hydrogen-bond acceptors (Lipinski definition) is 2. The molecule has 2 aromatic carbocycles. The van der Waals surface area contributed by atoms with Gasteiger partial charge in [-0.2, -0.15) is 5.10 Å². The summed E-state index contributed by atoms with van der Waals surface area (Å²) >= 11 is 6.07. The van der Waals surface area contributed by atoms with E-state index in [0.717, 1.165) is 24.8 Å². The molecular formula is C28H26ClF2N3O. The van der Waals surface area contributed by atoms with Crippen LogP contribution >= 0.6 is 11.6 Å². The van der Waals surface area contributed by atoms with Crippen molar-refractivity contribution in [2.75, 3.05) is 0 Å². The van der Waals surface area contributed by atoms with Gasteiger partial charge in [0.05, 0.1) is 33.6 Å². The second-order valence-electron chi connectivity index (χ2n) is 9.54. The van der Waals surface area contributed by atoms with Crippen LogP contribution in [0.5, 0.6) is 0 Å². The van der Waals surface area contributed by atoms with Gasteiger partial charge in [0.2, 0.25) is 0 Å². The molecule has 0 atom stereocenters. The number of amides is 1. The number of aryl methyl sites for hydroxylation is 1. The van der Waals surface area contributed by atoms with Crippen LogP contribution in [0.2, 0.25) is 5.02 Å². The standard InChI is InChI=1S/C28H26ClF2N3O/c1-16(2)26-20(27(35)32-28(14-5-15-28)18-8-10-19(29)11-9-18)12-13-23-24(17(3)33-34(23)26)25-21(30)6-4-7-22(25)31/h4,6-13,16H,5,14-15H2,1-3H3,(H,32,35). The Hall–Kier alpha value is -3.25. The van der Waals surface area contributed by atoms with Gasteiger partial charge in [0.1, 0.15) is 11.6 Å². The summed E-state index contributed by atoms with van der Waals surface area (Å²) in [7, 11) is 0. The van der Waals surface area contributed by atoms with E-state index in [4.69, 9.17) is 11.6 Å². The Labute approximate surface area is 207 Å². The van der Waals surface area contributed by atoms with Crippen molar-refractivity contribution >= 4 is 23.0 Å². The van der Waals surface area contributed by atoms with Crippen molar-refractivity contribution in [3.63, 3.8) is 0 Å². The molecule has 2 heterocycles. The van der Waals surface area contributed by atoms with Gasteiger partial charge in [-0.1, -0.05) is 43.6 Å². The molecule has 0 spiro atoms. The average molecular weight is 494 g/mol. The molecule has 1 fully saturated rings. The molecule has 0 saturated heterocycles. The first kappa shape index (κ1) is 23.5. The van der Waals surface area contributed by atoms with Crippen LogP contribution in [0.3, 0.4) is 0 Å². The molecule has 1 aliphatic carbocycles. The van der Waals surface area contributed by atoms with Crippen LogP contribution in [0.1, 0.15) is 66.3 Å². The van der Waals surface area contributed by atoms with Crippen molar-refractivity contribution in [1.82, 2.24) is 14.9 Å². The molecule has 2 aromatic heterocycles. The van der Waals surface area contributed by atoms with Gasteiger partial charge in [-0.05, 0) is 74.1 Å². The van der Waals surface area contributed by atoms with Gasteiger partial charge in [-0.15, -0.1) is 0 Å². The Balaban J connectivity index is 1.61. The number of hydrogen-bond donors (Lipinski definition) is 1. The molecule has 1 saturated carbocycles. The normalized spacial score (nSPS) is 14.8. The minimum Gasteiger partial charge on any atom is -0.342 e. The van der Waals surface area contributed by atoms with Crippen molar-refractivity contribution < 1.29 is 13.6 Å². The maximum atomic E-state index is 14.7. The molecule has 1 aliphatic rings. The third-order valence-electron chi connectivity index (χ3n) is 6.97. The first-order valence-corrected chi connectivity index (χ1v) is 12.1. The fourth-order valence-corrected chi connectivity index (χ4v) is 5.23. The van der Waals surface area contributed by atoms with E-state index in [1.54, 1.807) is 23.6 Å². The summed E-state index contributed by atoms with van der Waals surface area (Å²) in [6.45, 7) is 5.68. The number of rotatable bonds is 5. The second-order valence-corrected chi connectivity index (χ2v) is 9.97. The fraction of sp³-hybridized carbons (Fsp3) is 0.286. The zero-order valence-corrected chi connectivity index (χ0v) is 20.6. The Morgan fingerprint density at radius 1 is 1.03 bits per heavy atom. The number of carbonyl (C=O) groups is 1. The molecule has 1 amide bonds. The maximum Gasteiger partial charge on any atom is 0.253 e. The van der Waals surface area contributed by atoms with Crippen LogP contribution in [0.4, 0.5) is 8.78 Å². The molecule has 1 N–H and O–H groups in total. The van der Waals surface area contributed by atoms with Gasteiger partial charge >= 0.3 is 0 Å². The predicted molar refractivity (Wildman–Crippen MR) is 134 cm³/mol. The predicted octanol–water partition coefficient (Wildman–Crippen LogP) is 7.17. The molecular weight excluding hydrogens is 468 g/mol. The van der Waals surface area contributed by atoms with Crippen molar-refractivity contribution in [3.8, 4) is 11.1 Å². The van der Waals surface area contributed by atoms with Gasteiger partial charge < -0.3 is 5.32 Å². The summed E-state index contributed by atoms with van der Waals surface area (Å²) in [6, 6.07) is 14.9. The molecule has 5 rings (SSSR count). The Kier molecular flexibility index (Phi) is 5.88. The monoisotopic (exact) mass is 493 g/mol. The number of nitrogens with zero attached hydrogens (tertiary/aromatic N) is 2. The number of nitrogens with one attached hydrogen (secondary N) is 1. The number of fused-ring (bicyclic) bond motifs is 1. The van der Waals surface area contributed by atoms with Crippen molar-refractivity contribution in [2.45, 2.75) is 51.5 Å². The summed E-state index contributed by atoms with van der Waals surface area (Å²) in [4.78, 5) is 13.6. The van der Waals surface area contributed by atoms with Gasteiger partial charge in [0, 0.05) is 10.6 Å². The minimum absolute atomic E-state index is 0.0649. The fourth-order valence-electron chi connectivity index (χ4n) is 5.11. The lowest BCUT2D eigenvalue weighted by molar-refractivity contribution is 0.0821. The smallest absolute Gasteiger partial charge is 0.253 e. The zero-order chi connectivity index (χ0) is 24.9. The quantitative estimate of drug-likeness (QED) is 0.320. The summed E-state index contributed by atoms with van der Waals surface area (Å²) < 4.78 is 31.0. The summed E-state index contributed by atoms with van der Waals surface area (Å²) in [6.07, 6.45) is 2.71. The third kappa shape index (κ3) is 3.90. The van der Waals surface area contributed by atoms with Crippen molar-refractivity contribution in [3.05, 3.63) is 93.8 Å². The van der Waals surface area contributed by atoms with Gasteiger partial charge in [-0.3, -0.25) is 4.79 Å². The lowest BCUT2D eigenvalue weighted by atomic mass is 9.71. The van der Waals surface area contributed by atoms with E-state index in [9.17, 15) is 13.6 Å².